The third kappa shape index (κ3) is 3.68. The van der Waals surface area contributed by atoms with Gasteiger partial charge in [0, 0.05) is 17.6 Å². The van der Waals surface area contributed by atoms with E-state index in [-0.39, 0.29) is 18.2 Å². The smallest absolute Gasteiger partial charge is 0.255 e. The van der Waals surface area contributed by atoms with Gasteiger partial charge in [0.05, 0.1) is 22.1 Å². The van der Waals surface area contributed by atoms with Gasteiger partial charge < -0.3 is 9.32 Å². The molecule has 128 valence electrons. The molecule has 5 nitrogen and oxygen atoms in total. The number of amides is 1. The Morgan fingerprint density at radius 2 is 2.17 bits per heavy atom. The van der Waals surface area contributed by atoms with Crippen molar-refractivity contribution in [2.75, 3.05) is 13.1 Å². The number of rotatable bonds is 4. The van der Waals surface area contributed by atoms with Gasteiger partial charge in [0.1, 0.15) is 11.5 Å². The van der Waals surface area contributed by atoms with E-state index in [9.17, 15) is 13.2 Å². The first-order chi connectivity index (χ1) is 11.4. The Kier molecular flexibility index (Phi) is 5.03. The monoisotopic (exact) mass is 431 g/mol. The number of furan rings is 1. The van der Waals surface area contributed by atoms with Crippen molar-refractivity contribution in [2.24, 2.45) is 0 Å². The molecule has 24 heavy (non-hydrogen) atoms. The van der Waals surface area contributed by atoms with Gasteiger partial charge in [-0.2, -0.15) is 0 Å². The van der Waals surface area contributed by atoms with Crippen molar-refractivity contribution in [1.29, 1.82) is 0 Å². The molecular weight excluding hydrogens is 418 g/mol. The highest BCUT2D eigenvalue weighted by atomic mass is 79.9. The van der Waals surface area contributed by atoms with E-state index in [4.69, 9.17) is 16.0 Å². The second kappa shape index (κ2) is 6.90. The minimum absolute atomic E-state index is 0.148. The van der Waals surface area contributed by atoms with E-state index < -0.39 is 15.1 Å². The van der Waals surface area contributed by atoms with Gasteiger partial charge in [-0.05, 0) is 36.8 Å². The Morgan fingerprint density at radius 3 is 2.88 bits per heavy atom. The summed E-state index contributed by atoms with van der Waals surface area (Å²) in [6, 6.07) is 8.33. The molecule has 1 aliphatic rings. The fourth-order valence-corrected chi connectivity index (χ4v) is 4.98. The summed E-state index contributed by atoms with van der Waals surface area (Å²) in [6.45, 7) is 0.564. The molecule has 1 fully saturated rings. The van der Waals surface area contributed by atoms with Crippen LogP contribution in [0.15, 0.2) is 45.5 Å². The molecule has 0 aliphatic carbocycles. The quantitative estimate of drug-likeness (QED) is 0.741. The van der Waals surface area contributed by atoms with Crippen LogP contribution in [-0.4, -0.2) is 37.6 Å². The molecule has 2 aromatic rings. The van der Waals surface area contributed by atoms with E-state index in [0.717, 1.165) is 4.47 Å². The number of halogens is 2. The number of hydrogen-bond acceptors (Lipinski definition) is 4. The van der Waals surface area contributed by atoms with Crippen LogP contribution >= 0.6 is 27.5 Å². The number of carbonyl (C=O) groups is 1. The van der Waals surface area contributed by atoms with E-state index in [1.807, 2.05) is 0 Å². The summed E-state index contributed by atoms with van der Waals surface area (Å²) in [5.74, 6) is 0.0106. The standard InChI is InChI=1S/C16H15BrClNO4S/c17-11-3-4-15(18)14(8-11)16(20)19-6-5-13(9-19)24(21,22)10-12-2-1-7-23-12/h1-4,7-8,13H,5-6,9-10H2/t13-/m1/s1. The fraction of sp³-hybridized carbons (Fsp3) is 0.312. The first-order valence-electron chi connectivity index (χ1n) is 7.35. The van der Waals surface area contributed by atoms with Gasteiger partial charge in [0.25, 0.3) is 5.91 Å². The van der Waals surface area contributed by atoms with Gasteiger partial charge >= 0.3 is 0 Å². The molecular formula is C16H15BrClNO4S. The van der Waals surface area contributed by atoms with Crippen LogP contribution < -0.4 is 0 Å². The maximum Gasteiger partial charge on any atom is 0.255 e. The van der Waals surface area contributed by atoms with E-state index in [2.05, 4.69) is 15.9 Å². The first-order valence-corrected chi connectivity index (χ1v) is 10.2. The molecule has 8 heteroatoms. The fourth-order valence-electron chi connectivity index (χ4n) is 2.75. The average molecular weight is 433 g/mol. The van der Waals surface area contributed by atoms with Gasteiger partial charge in [-0.3, -0.25) is 4.79 Å². The molecule has 0 spiro atoms. The summed E-state index contributed by atoms with van der Waals surface area (Å²) in [4.78, 5) is 14.2. The Balaban J connectivity index is 1.73. The van der Waals surface area contributed by atoms with Gasteiger partial charge in [-0.25, -0.2) is 8.42 Å². The molecule has 0 radical (unpaired) electrons. The maximum atomic E-state index is 12.6. The van der Waals surface area contributed by atoms with Crippen LogP contribution in [0.2, 0.25) is 5.02 Å². The summed E-state index contributed by atoms with van der Waals surface area (Å²) in [7, 11) is -3.38. The van der Waals surface area contributed by atoms with Gasteiger partial charge in [-0.15, -0.1) is 0 Å². The molecule has 1 aromatic carbocycles. The summed E-state index contributed by atoms with van der Waals surface area (Å²) >= 11 is 9.41. The summed E-state index contributed by atoms with van der Waals surface area (Å²) < 4.78 is 30.9. The largest absolute Gasteiger partial charge is 0.468 e. The molecule has 3 rings (SSSR count). The maximum absolute atomic E-state index is 12.6. The van der Waals surface area contributed by atoms with Gasteiger partial charge in [-0.1, -0.05) is 27.5 Å². The number of benzene rings is 1. The van der Waals surface area contributed by atoms with E-state index in [1.54, 1.807) is 30.3 Å². The lowest BCUT2D eigenvalue weighted by Crippen LogP contribution is -2.32. The zero-order valence-corrected chi connectivity index (χ0v) is 15.8. The van der Waals surface area contributed by atoms with Crippen LogP contribution in [0.3, 0.4) is 0 Å². The number of carbonyl (C=O) groups excluding carboxylic acids is 1. The molecule has 0 saturated carbocycles. The highest BCUT2D eigenvalue weighted by molar-refractivity contribution is 9.10. The Hall–Kier alpha value is -1.31. The van der Waals surface area contributed by atoms with Crippen LogP contribution in [0, 0.1) is 0 Å². The first kappa shape index (κ1) is 17.5. The number of hydrogen-bond donors (Lipinski definition) is 0. The van der Waals surface area contributed by atoms with Crippen molar-refractivity contribution in [3.05, 3.63) is 57.4 Å². The molecule has 0 unspecified atom stereocenters. The van der Waals surface area contributed by atoms with Gasteiger partial charge in [0.15, 0.2) is 9.84 Å². The Bertz CT molecular complexity index is 851. The van der Waals surface area contributed by atoms with Crippen LogP contribution in [0.25, 0.3) is 0 Å². The highest BCUT2D eigenvalue weighted by Crippen LogP contribution is 2.26. The SMILES string of the molecule is O=C(c1cc(Br)ccc1Cl)N1CC[C@@H](S(=O)(=O)Cc2ccco2)C1. The molecule has 1 atom stereocenters. The van der Waals surface area contributed by atoms with Crippen molar-refractivity contribution < 1.29 is 17.6 Å². The second-order valence-electron chi connectivity index (χ2n) is 5.67. The Morgan fingerprint density at radius 1 is 1.38 bits per heavy atom. The predicted octanol–water partition coefficient (Wildman–Crippen LogP) is 3.53. The number of likely N-dealkylation sites (tertiary alicyclic amines) is 1. The topological polar surface area (TPSA) is 67.6 Å². The van der Waals surface area contributed by atoms with Crippen LogP contribution in [0.4, 0.5) is 0 Å². The lowest BCUT2D eigenvalue weighted by atomic mass is 10.2. The lowest BCUT2D eigenvalue weighted by Gasteiger charge is -2.17. The lowest BCUT2D eigenvalue weighted by molar-refractivity contribution is 0.0793. The van der Waals surface area contributed by atoms with Gasteiger partial charge in [0.2, 0.25) is 0 Å². The third-order valence-electron chi connectivity index (χ3n) is 4.02. The minimum Gasteiger partial charge on any atom is -0.468 e. The minimum atomic E-state index is -3.38. The normalized spacial score (nSPS) is 18.1. The molecule has 2 heterocycles. The second-order valence-corrected chi connectivity index (χ2v) is 9.28. The van der Waals surface area contributed by atoms with Crippen molar-refractivity contribution in [2.45, 2.75) is 17.4 Å². The van der Waals surface area contributed by atoms with E-state index in [0.29, 0.717) is 29.3 Å². The summed E-state index contributed by atoms with van der Waals surface area (Å²) in [6.07, 6.45) is 1.87. The van der Waals surface area contributed by atoms with E-state index >= 15 is 0 Å². The summed E-state index contributed by atoms with van der Waals surface area (Å²) in [5.41, 5.74) is 0.370. The van der Waals surface area contributed by atoms with Crippen molar-refractivity contribution >= 4 is 43.3 Å². The van der Waals surface area contributed by atoms with E-state index in [1.165, 1.54) is 11.2 Å². The zero-order valence-electron chi connectivity index (χ0n) is 12.6. The Labute approximate surface area is 153 Å². The van der Waals surface area contributed by atoms with Crippen LogP contribution in [0.1, 0.15) is 22.5 Å². The average Bonchev–Trinajstić information content (AvgIpc) is 3.20. The van der Waals surface area contributed by atoms with Crippen LogP contribution in [0.5, 0.6) is 0 Å². The molecule has 0 bridgehead atoms. The van der Waals surface area contributed by atoms with Crippen LogP contribution in [-0.2, 0) is 15.6 Å². The summed E-state index contributed by atoms with van der Waals surface area (Å²) in [5, 5.41) is -0.234. The highest BCUT2D eigenvalue weighted by Gasteiger charge is 2.36. The molecule has 1 aliphatic heterocycles. The molecule has 1 saturated heterocycles. The van der Waals surface area contributed by atoms with Crippen molar-refractivity contribution in [3.8, 4) is 0 Å². The van der Waals surface area contributed by atoms with Crippen molar-refractivity contribution in [3.63, 3.8) is 0 Å². The molecule has 0 N–H and O–H groups in total. The third-order valence-corrected chi connectivity index (χ3v) is 6.93. The zero-order chi connectivity index (χ0) is 17.3. The number of sulfone groups is 1. The molecule has 1 aromatic heterocycles. The molecule has 1 amide bonds. The number of nitrogens with zero attached hydrogens (tertiary/aromatic N) is 1. The van der Waals surface area contributed by atoms with Crippen molar-refractivity contribution in [1.82, 2.24) is 4.90 Å². The predicted molar refractivity (Wildman–Crippen MR) is 94.8 cm³/mol.